The molecular weight excluding hydrogens is 488 g/mol. The Morgan fingerprint density at radius 3 is 1.75 bits per heavy atom. The number of rotatable bonds is 3. The van der Waals surface area contributed by atoms with Gasteiger partial charge >= 0.3 is 5.69 Å². The lowest BCUT2D eigenvalue weighted by molar-refractivity contribution is 0.931. The third kappa shape index (κ3) is 3.41. The van der Waals surface area contributed by atoms with Crippen LogP contribution >= 0.6 is 0 Å². The minimum absolute atomic E-state index is 0.0796. The summed E-state index contributed by atoms with van der Waals surface area (Å²) in [7, 11) is 0. The summed E-state index contributed by atoms with van der Waals surface area (Å²) in [5.74, 6) is 0. The Balaban J connectivity index is 1.27. The van der Waals surface area contributed by atoms with Crippen LogP contribution in [0.15, 0.2) is 150 Å². The lowest BCUT2D eigenvalue weighted by Crippen LogP contribution is -2.22. The standard InChI is InChI=1S/C37H24N2O/c40-37-38(29-11-2-1-3-12-29)35-15-6-7-16-36(35)39(37)30-20-17-25(18-21-30)31-13-8-14-32-33(31)22-19-28-23-26-9-4-5-10-27(26)24-34(28)32/h1-24H. The van der Waals surface area contributed by atoms with Crippen molar-refractivity contribution in [2.45, 2.75) is 0 Å². The highest BCUT2D eigenvalue weighted by Gasteiger charge is 2.16. The molecule has 0 spiro atoms. The van der Waals surface area contributed by atoms with Gasteiger partial charge in [-0.1, -0.05) is 97.1 Å². The first-order valence-electron chi connectivity index (χ1n) is 13.5. The van der Waals surface area contributed by atoms with Crippen LogP contribution in [0, 0.1) is 0 Å². The second kappa shape index (κ2) is 8.82. The van der Waals surface area contributed by atoms with Gasteiger partial charge in [0.25, 0.3) is 0 Å². The minimum atomic E-state index is -0.0796. The van der Waals surface area contributed by atoms with Crippen LogP contribution in [-0.2, 0) is 0 Å². The number of hydrogen-bond donors (Lipinski definition) is 0. The summed E-state index contributed by atoms with van der Waals surface area (Å²) in [6.07, 6.45) is 0. The molecule has 0 aliphatic carbocycles. The van der Waals surface area contributed by atoms with E-state index in [2.05, 4.69) is 78.9 Å². The molecule has 0 saturated heterocycles. The second-order valence-corrected chi connectivity index (χ2v) is 10.2. The maximum atomic E-state index is 13.8. The Morgan fingerprint density at radius 2 is 1.02 bits per heavy atom. The molecule has 40 heavy (non-hydrogen) atoms. The predicted molar refractivity (Wildman–Crippen MR) is 167 cm³/mol. The Bertz CT molecular complexity index is 2270. The molecule has 0 amide bonds. The van der Waals surface area contributed by atoms with Gasteiger partial charge in [0.1, 0.15) is 0 Å². The quantitative estimate of drug-likeness (QED) is 0.171. The maximum absolute atomic E-state index is 13.8. The molecule has 0 aliphatic heterocycles. The minimum Gasteiger partial charge on any atom is -0.260 e. The lowest BCUT2D eigenvalue weighted by Gasteiger charge is -2.12. The van der Waals surface area contributed by atoms with Crippen LogP contribution in [0.3, 0.4) is 0 Å². The Kier molecular flexibility index (Phi) is 4.98. The van der Waals surface area contributed by atoms with Crippen LogP contribution < -0.4 is 5.69 Å². The Labute approximate surface area is 230 Å². The van der Waals surface area contributed by atoms with Crippen LogP contribution in [0.4, 0.5) is 0 Å². The molecule has 0 N–H and O–H groups in total. The third-order valence-corrected chi connectivity index (χ3v) is 7.94. The fraction of sp³-hybridized carbons (Fsp3) is 0. The largest absolute Gasteiger partial charge is 0.338 e. The number of hydrogen-bond acceptors (Lipinski definition) is 1. The monoisotopic (exact) mass is 512 g/mol. The van der Waals surface area contributed by atoms with E-state index in [0.29, 0.717) is 0 Å². The molecule has 8 rings (SSSR count). The molecule has 7 aromatic carbocycles. The van der Waals surface area contributed by atoms with E-state index in [0.717, 1.165) is 28.0 Å². The summed E-state index contributed by atoms with van der Waals surface area (Å²) in [5, 5.41) is 7.47. The molecule has 1 heterocycles. The average molecular weight is 513 g/mol. The molecule has 0 unspecified atom stereocenters. The van der Waals surface area contributed by atoms with Crippen molar-refractivity contribution in [1.29, 1.82) is 0 Å². The highest BCUT2D eigenvalue weighted by Crippen LogP contribution is 2.35. The third-order valence-electron chi connectivity index (χ3n) is 7.94. The molecular formula is C37H24N2O. The summed E-state index contributed by atoms with van der Waals surface area (Å²) < 4.78 is 3.58. The van der Waals surface area contributed by atoms with Crippen LogP contribution in [-0.4, -0.2) is 9.13 Å². The molecule has 1 aromatic heterocycles. The predicted octanol–water partition coefficient (Wildman–Crippen LogP) is 8.91. The highest BCUT2D eigenvalue weighted by atomic mass is 16.1. The first-order valence-corrected chi connectivity index (χ1v) is 13.5. The molecule has 0 atom stereocenters. The molecule has 0 bridgehead atoms. The number of fused-ring (bicyclic) bond motifs is 5. The van der Waals surface area contributed by atoms with Gasteiger partial charge in [-0.3, -0.25) is 9.13 Å². The summed E-state index contributed by atoms with van der Waals surface area (Å²) in [6.45, 7) is 0. The van der Waals surface area contributed by atoms with E-state index in [9.17, 15) is 4.79 Å². The molecule has 8 aromatic rings. The number of benzene rings is 7. The van der Waals surface area contributed by atoms with Crippen molar-refractivity contribution in [3.8, 4) is 22.5 Å². The van der Waals surface area contributed by atoms with Gasteiger partial charge in [0.15, 0.2) is 0 Å². The summed E-state index contributed by atoms with van der Waals surface area (Å²) >= 11 is 0. The number of aromatic nitrogens is 2. The van der Waals surface area contributed by atoms with Gasteiger partial charge in [-0.15, -0.1) is 0 Å². The van der Waals surface area contributed by atoms with Gasteiger partial charge in [0.05, 0.1) is 22.4 Å². The Hall–Kier alpha value is -5.41. The first kappa shape index (κ1) is 22.6. The zero-order valence-electron chi connectivity index (χ0n) is 21.7. The summed E-state index contributed by atoms with van der Waals surface area (Å²) in [4.78, 5) is 13.8. The molecule has 0 saturated carbocycles. The van der Waals surface area contributed by atoms with Gasteiger partial charge in [-0.2, -0.15) is 0 Å². The van der Waals surface area contributed by atoms with Gasteiger partial charge in [0, 0.05) is 0 Å². The summed E-state index contributed by atoms with van der Waals surface area (Å²) in [5.41, 5.74) is 5.69. The maximum Gasteiger partial charge on any atom is 0.338 e. The van der Waals surface area contributed by atoms with Crippen molar-refractivity contribution in [3.63, 3.8) is 0 Å². The first-order chi connectivity index (χ1) is 19.8. The number of imidazole rings is 1. The Morgan fingerprint density at radius 1 is 0.400 bits per heavy atom. The topological polar surface area (TPSA) is 26.9 Å². The van der Waals surface area contributed by atoms with E-state index in [1.165, 1.54) is 37.9 Å². The molecule has 0 aliphatic rings. The fourth-order valence-electron chi connectivity index (χ4n) is 6.05. The van der Waals surface area contributed by atoms with E-state index >= 15 is 0 Å². The van der Waals surface area contributed by atoms with E-state index in [4.69, 9.17) is 0 Å². The van der Waals surface area contributed by atoms with Gasteiger partial charge < -0.3 is 0 Å². The zero-order chi connectivity index (χ0) is 26.6. The van der Waals surface area contributed by atoms with Crippen LogP contribution in [0.1, 0.15) is 0 Å². The fourth-order valence-corrected chi connectivity index (χ4v) is 6.05. The van der Waals surface area contributed by atoms with Crippen molar-refractivity contribution in [3.05, 3.63) is 156 Å². The number of nitrogens with zero attached hydrogens (tertiary/aromatic N) is 2. The van der Waals surface area contributed by atoms with E-state index in [1.807, 2.05) is 66.7 Å². The normalized spacial score (nSPS) is 11.6. The van der Waals surface area contributed by atoms with E-state index in [-0.39, 0.29) is 5.69 Å². The van der Waals surface area contributed by atoms with Crippen LogP contribution in [0.5, 0.6) is 0 Å². The SMILES string of the molecule is O=c1n(-c2ccccc2)c2ccccc2n1-c1ccc(-c2cccc3c2ccc2cc4ccccc4cc23)cc1. The van der Waals surface area contributed by atoms with Crippen molar-refractivity contribution in [2.24, 2.45) is 0 Å². The van der Waals surface area contributed by atoms with Gasteiger partial charge in [-0.05, 0) is 92.0 Å². The number of para-hydroxylation sites is 3. The van der Waals surface area contributed by atoms with Gasteiger partial charge in [-0.25, -0.2) is 4.79 Å². The van der Waals surface area contributed by atoms with Crippen molar-refractivity contribution >= 4 is 43.4 Å². The highest BCUT2D eigenvalue weighted by molar-refractivity contribution is 6.15. The molecule has 3 nitrogen and oxygen atoms in total. The molecule has 188 valence electrons. The smallest absolute Gasteiger partial charge is 0.260 e. The second-order valence-electron chi connectivity index (χ2n) is 10.2. The van der Waals surface area contributed by atoms with E-state index in [1.54, 1.807) is 9.13 Å². The molecule has 0 fully saturated rings. The van der Waals surface area contributed by atoms with Crippen molar-refractivity contribution < 1.29 is 0 Å². The van der Waals surface area contributed by atoms with E-state index < -0.39 is 0 Å². The molecule has 3 heteroatoms. The average Bonchev–Trinajstić information content (AvgIpc) is 3.31. The van der Waals surface area contributed by atoms with Gasteiger partial charge in [0.2, 0.25) is 0 Å². The van der Waals surface area contributed by atoms with Crippen LogP contribution in [0.25, 0.3) is 65.9 Å². The lowest BCUT2D eigenvalue weighted by atomic mass is 9.93. The summed E-state index contributed by atoms with van der Waals surface area (Å²) in [6, 6.07) is 50.2. The van der Waals surface area contributed by atoms with Crippen molar-refractivity contribution in [2.75, 3.05) is 0 Å². The molecule has 0 radical (unpaired) electrons. The van der Waals surface area contributed by atoms with Crippen LogP contribution in [0.2, 0.25) is 0 Å². The zero-order valence-corrected chi connectivity index (χ0v) is 21.7. The van der Waals surface area contributed by atoms with Crippen molar-refractivity contribution in [1.82, 2.24) is 9.13 Å².